The van der Waals surface area contributed by atoms with Gasteiger partial charge in [-0.1, -0.05) is 17.7 Å². The van der Waals surface area contributed by atoms with E-state index in [0.717, 1.165) is 33.2 Å². The highest BCUT2D eigenvalue weighted by Gasteiger charge is 2.11. The van der Waals surface area contributed by atoms with Crippen LogP contribution in [0, 0.1) is 6.92 Å². The van der Waals surface area contributed by atoms with E-state index < -0.39 is 0 Å². The normalized spacial score (nSPS) is 11.3. The second kappa shape index (κ2) is 4.53. The van der Waals surface area contributed by atoms with E-state index >= 15 is 0 Å². The molecule has 0 unspecified atom stereocenters. The number of aryl methyl sites for hydroxylation is 1. The summed E-state index contributed by atoms with van der Waals surface area (Å²) in [5.74, 6) is 0. The second-order valence-electron chi connectivity index (χ2n) is 4.98. The van der Waals surface area contributed by atoms with E-state index in [2.05, 4.69) is 15.1 Å². The lowest BCUT2D eigenvalue weighted by molar-refractivity contribution is 0.928. The minimum atomic E-state index is 0.681. The van der Waals surface area contributed by atoms with Gasteiger partial charge in [0.1, 0.15) is 0 Å². The van der Waals surface area contributed by atoms with E-state index in [1.54, 1.807) is 10.7 Å². The number of hydrogen-bond donors (Lipinski definition) is 0. The summed E-state index contributed by atoms with van der Waals surface area (Å²) in [4.78, 5) is 8.87. The van der Waals surface area contributed by atoms with Crippen LogP contribution in [0.4, 0.5) is 0 Å². The maximum absolute atomic E-state index is 6.04. The van der Waals surface area contributed by atoms with Crippen LogP contribution in [0.1, 0.15) is 5.56 Å². The Kier molecular flexibility index (Phi) is 2.65. The molecule has 4 rings (SSSR count). The summed E-state index contributed by atoms with van der Waals surface area (Å²) >= 11 is 6.04. The molecule has 0 aliphatic heterocycles. The Bertz CT molecular complexity index is 975. The lowest BCUT2D eigenvalue weighted by Crippen LogP contribution is -1.91. The van der Waals surface area contributed by atoms with Gasteiger partial charge in [-0.3, -0.25) is 4.98 Å². The smallest absolute Gasteiger partial charge is 0.162 e. The van der Waals surface area contributed by atoms with Crippen LogP contribution in [0.5, 0.6) is 0 Å². The fourth-order valence-corrected chi connectivity index (χ4v) is 2.68. The van der Waals surface area contributed by atoms with E-state index in [4.69, 9.17) is 11.6 Å². The number of rotatable bonds is 1. The van der Waals surface area contributed by atoms with Crippen LogP contribution in [-0.2, 0) is 0 Å². The van der Waals surface area contributed by atoms with Gasteiger partial charge in [0.25, 0.3) is 0 Å². The minimum Gasteiger partial charge on any atom is -0.256 e. The minimum absolute atomic E-state index is 0.681. The fraction of sp³-hybridized carbons (Fsp3) is 0.0625. The SMILES string of the molecule is Cc1cnc2c(-c3ccnc4cc(Cl)ccc34)cnn2c1. The molecule has 0 saturated carbocycles. The summed E-state index contributed by atoms with van der Waals surface area (Å²) in [5, 5.41) is 6.11. The highest BCUT2D eigenvalue weighted by molar-refractivity contribution is 6.31. The van der Waals surface area contributed by atoms with E-state index in [1.807, 2.05) is 49.8 Å². The molecule has 0 aliphatic rings. The maximum atomic E-state index is 6.04. The molecule has 3 aromatic heterocycles. The molecule has 0 N–H and O–H groups in total. The van der Waals surface area contributed by atoms with Crippen LogP contribution in [0.15, 0.2) is 49.1 Å². The number of benzene rings is 1. The standard InChI is InChI=1S/C16H11ClN4/c1-10-7-19-16-14(8-20-21(16)9-10)12-4-5-18-15-6-11(17)2-3-13(12)15/h2-9H,1H3. The van der Waals surface area contributed by atoms with Crippen LogP contribution < -0.4 is 0 Å². The third-order valence-electron chi connectivity index (χ3n) is 3.48. The van der Waals surface area contributed by atoms with Crippen LogP contribution in [0.25, 0.3) is 27.7 Å². The third kappa shape index (κ3) is 1.96. The molecular formula is C16H11ClN4. The second-order valence-corrected chi connectivity index (χ2v) is 5.41. The van der Waals surface area contributed by atoms with E-state index in [0.29, 0.717) is 5.02 Å². The first-order chi connectivity index (χ1) is 10.2. The molecule has 4 aromatic rings. The van der Waals surface area contributed by atoms with Gasteiger partial charge in [0, 0.05) is 34.6 Å². The maximum Gasteiger partial charge on any atom is 0.162 e. The Labute approximate surface area is 126 Å². The Hall–Kier alpha value is -2.46. The van der Waals surface area contributed by atoms with Crippen molar-refractivity contribution < 1.29 is 0 Å². The molecule has 0 atom stereocenters. The largest absolute Gasteiger partial charge is 0.256 e. The molecule has 21 heavy (non-hydrogen) atoms. The predicted octanol–water partition coefficient (Wildman–Crippen LogP) is 3.91. The van der Waals surface area contributed by atoms with E-state index in [1.165, 1.54) is 0 Å². The molecule has 3 heterocycles. The van der Waals surface area contributed by atoms with Gasteiger partial charge in [-0.05, 0) is 36.2 Å². The number of nitrogens with zero attached hydrogens (tertiary/aromatic N) is 4. The Morgan fingerprint density at radius 3 is 2.86 bits per heavy atom. The molecule has 0 bridgehead atoms. The summed E-state index contributed by atoms with van der Waals surface area (Å²) in [6.45, 7) is 2.00. The summed E-state index contributed by atoms with van der Waals surface area (Å²) in [6.07, 6.45) is 7.43. The molecule has 0 saturated heterocycles. The molecule has 0 aliphatic carbocycles. The van der Waals surface area contributed by atoms with Crippen molar-refractivity contribution in [2.45, 2.75) is 6.92 Å². The quantitative estimate of drug-likeness (QED) is 0.534. The zero-order chi connectivity index (χ0) is 14.4. The Balaban J connectivity index is 2.04. The van der Waals surface area contributed by atoms with Crippen molar-refractivity contribution in [3.05, 3.63) is 59.6 Å². The zero-order valence-electron chi connectivity index (χ0n) is 11.3. The van der Waals surface area contributed by atoms with Crippen LogP contribution in [0.3, 0.4) is 0 Å². The average molecular weight is 295 g/mol. The van der Waals surface area contributed by atoms with E-state index in [9.17, 15) is 0 Å². The fourth-order valence-electron chi connectivity index (χ4n) is 2.51. The molecule has 0 amide bonds. The van der Waals surface area contributed by atoms with Crippen molar-refractivity contribution in [3.8, 4) is 11.1 Å². The highest BCUT2D eigenvalue weighted by Crippen LogP contribution is 2.30. The molecule has 0 radical (unpaired) electrons. The van der Waals surface area contributed by atoms with Crippen molar-refractivity contribution in [2.75, 3.05) is 0 Å². The molecule has 1 aromatic carbocycles. The molecule has 102 valence electrons. The molecule has 5 heteroatoms. The first kappa shape index (κ1) is 12.3. The van der Waals surface area contributed by atoms with Gasteiger partial charge in [-0.2, -0.15) is 5.10 Å². The lowest BCUT2D eigenvalue weighted by Gasteiger charge is -2.05. The van der Waals surface area contributed by atoms with Crippen LogP contribution in [0.2, 0.25) is 5.02 Å². The van der Waals surface area contributed by atoms with Gasteiger partial charge in [-0.15, -0.1) is 0 Å². The molecule has 0 fully saturated rings. The highest BCUT2D eigenvalue weighted by atomic mass is 35.5. The topological polar surface area (TPSA) is 43.1 Å². The van der Waals surface area contributed by atoms with Gasteiger partial charge < -0.3 is 0 Å². The van der Waals surface area contributed by atoms with E-state index in [-0.39, 0.29) is 0 Å². The number of hydrogen-bond acceptors (Lipinski definition) is 3. The van der Waals surface area contributed by atoms with Gasteiger partial charge in [-0.25, -0.2) is 9.50 Å². The Morgan fingerprint density at radius 2 is 1.95 bits per heavy atom. The first-order valence-corrected chi connectivity index (χ1v) is 6.95. The van der Waals surface area contributed by atoms with Crippen LogP contribution >= 0.6 is 11.6 Å². The zero-order valence-corrected chi connectivity index (χ0v) is 12.0. The van der Waals surface area contributed by atoms with Crippen molar-refractivity contribution in [2.24, 2.45) is 0 Å². The first-order valence-electron chi connectivity index (χ1n) is 6.57. The van der Waals surface area contributed by atoms with Gasteiger partial charge >= 0.3 is 0 Å². The monoisotopic (exact) mass is 294 g/mol. The van der Waals surface area contributed by atoms with Crippen molar-refractivity contribution in [1.82, 2.24) is 19.6 Å². The third-order valence-corrected chi connectivity index (χ3v) is 3.72. The molecule has 0 spiro atoms. The molecular weight excluding hydrogens is 284 g/mol. The van der Waals surface area contributed by atoms with Crippen LogP contribution in [-0.4, -0.2) is 19.6 Å². The Morgan fingerprint density at radius 1 is 1.05 bits per heavy atom. The van der Waals surface area contributed by atoms with Crippen molar-refractivity contribution in [1.29, 1.82) is 0 Å². The summed E-state index contributed by atoms with van der Waals surface area (Å²) < 4.78 is 1.80. The van der Waals surface area contributed by atoms with Gasteiger partial charge in [0.05, 0.1) is 11.7 Å². The lowest BCUT2D eigenvalue weighted by atomic mass is 10.0. The van der Waals surface area contributed by atoms with Gasteiger partial charge in [0.15, 0.2) is 5.65 Å². The average Bonchev–Trinajstić information content (AvgIpc) is 2.89. The summed E-state index contributed by atoms with van der Waals surface area (Å²) in [5.41, 5.74) is 4.82. The molecule has 4 nitrogen and oxygen atoms in total. The number of fused-ring (bicyclic) bond motifs is 2. The summed E-state index contributed by atoms with van der Waals surface area (Å²) in [6, 6.07) is 7.70. The number of halogens is 1. The number of pyridine rings is 1. The van der Waals surface area contributed by atoms with Gasteiger partial charge in [0.2, 0.25) is 0 Å². The number of aromatic nitrogens is 4. The van der Waals surface area contributed by atoms with Crippen molar-refractivity contribution in [3.63, 3.8) is 0 Å². The summed E-state index contributed by atoms with van der Waals surface area (Å²) in [7, 11) is 0. The van der Waals surface area contributed by atoms with Crippen molar-refractivity contribution >= 4 is 28.2 Å². The predicted molar refractivity (Wildman–Crippen MR) is 83.5 cm³/mol.